The highest BCUT2D eigenvalue weighted by Gasteiger charge is 2.17. The molecule has 3 aromatic carbocycles. The van der Waals surface area contributed by atoms with Gasteiger partial charge in [-0.05, 0) is 55.0 Å². The number of rotatable bonds is 7. The van der Waals surface area contributed by atoms with Crippen molar-refractivity contribution in [3.05, 3.63) is 70.7 Å². The van der Waals surface area contributed by atoms with E-state index in [0.717, 1.165) is 5.56 Å². The minimum absolute atomic E-state index is 0.348. The van der Waals surface area contributed by atoms with Gasteiger partial charge in [0.25, 0.3) is 5.91 Å². The molecule has 1 amide bonds. The van der Waals surface area contributed by atoms with Crippen molar-refractivity contribution < 1.29 is 23.7 Å². The van der Waals surface area contributed by atoms with Gasteiger partial charge in [-0.3, -0.25) is 4.79 Å². The van der Waals surface area contributed by atoms with Crippen LogP contribution < -0.4 is 24.3 Å². The zero-order valence-corrected chi connectivity index (χ0v) is 17.9. The molecule has 0 radical (unpaired) electrons. The number of hydrogen-bond acceptors (Lipinski definition) is 5. The van der Waals surface area contributed by atoms with Crippen LogP contribution in [-0.2, 0) is 0 Å². The summed E-state index contributed by atoms with van der Waals surface area (Å²) in [4.78, 5) is 12.7. The summed E-state index contributed by atoms with van der Waals surface area (Å²) in [5.74, 6) is 2.03. The summed E-state index contributed by atoms with van der Waals surface area (Å²) in [7, 11) is 4.49. The standard InChI is InChI=1S/C23H22ClNO5/c1-14-6-5-7-17(10-14)30-19-9-8-16(13-18(19)24)25-23(26)15-11-20(27-2)22(29-4)21(12-15)28-3/h5-13H,1-4H3,(H,25,26). The summed E-state index contributed by atoms with van der Waals surface area (Å²) in [6, 6.07) is 15.9. The summed E-state index contributed by atoms with van der Waals surface area (Å²) in [5.41, 5.74) is 1.95. The van der Waals surface area contributed by atoms with Gasteiger partial charge in [-0.25, -0.2) is 0 Å². The highest BCUT2D eigenvalue weighted by Crippen LogP contribution is 2.38. The van der Waals surface area contributed by atoms with Crippen molar-refractivity contribution in [2.45, 2.75) is 6.92 Å². The van der Waals surface area contributed by atoms with Crippen LogP contribution in [0.15, 0.2) is 54.6 Å². The predicted molar refractivity (Wildman–Crippen MR) is 117 cm³/mol. The summed E-state index contributed by atoms with van der Waals surface area (Å²) < 4.78 is 21.7. The molecule has 0 atom stereocenters. The minimum atomic E-state index is -0.349. The number of aryl methyl sites for hydroxylation is 1. The molecule has 0 saturated carbocycles. The summed E-state index contributed by atoms with van der Waals surface area (Å²) in [5, 5.41) is 3.18. The molecule has 3 aromatic rings. The van der Waals surface area contributed by atoms with Crippen LogP contribution in [0.2, 0.25) is 5.02 Å². The van der Waals surface area contributed by atoms with Crippen LogP contribution in [0, 0.1) is 6.92 Å². The second kappa shape index (κ2) is 9.41. The Kier molecular flexibility index (Phi) is 6.69. The van der Waals surface area contributed by atoms with Gasteiger partial charge in [-0.15, -0.1) is 0 Å². The first-order chi connectivity index (χ1) is 14.4. The average Bonchev–Trinajstić information content (AvgIpc) is 2.74. The third-order valence-corrected chi connectivity index (χ3v) is 4.63. The fourth-order valence-electron chi connectivity index (χ4n) is 2.88. The zero-order valence-electron chi connectivity index (χ0n) is 17.1. The zero-order chi connectivity index (χ0) is 21.7. The summed E-state index contributed by atoms with van der Waals surface area (Å²) in [6.07, 6.45) is 0. The Labute approximate surface area is 180 Å². The molecule has 6 nitrogen and oxygen atoms in total. The molecule has 156 valence electrons. The molecule has 0 bridgehead atoms. The van der Waals surface area contributed by atoms with Crippen molar-refractivity contribution in [3.8, 4) is 28.7 Å². The van der Waals surface area contributed by atoms with E-state index in [1.54, 1.807) is 30.3 Å². The molecular formula is C23H22ClNO5. The van der Waals surface area contributed by atoms with Gasteiger partial charge in [0, 0.05) is 11.3 Å². The van der Waals surface area contributed by atoms with E-state index >= 15 is 0 Å². The van der Waals surface area contributed by atoms with Crippen LogP contribution in [0.5, 0.6) is 28.7 Å². The second-order valence-electron chi connectivity index (χ2n) is 6.43. The fraction of sp³-hybridized carbons (Fsp3) is 0.174. The maximum atomic E-state index is 12.7. The van der Waals surface area contributed by atoms with Gasteiger partial charge >= 0.3 is 0 Å². The highest BCUT2D eigenvalue weighted by molar-refractivity contribution is 6.32. The molecule has 0 aliphatic carbocycles. The van der Waals surface area contributed by atoms with E-state index < -0.39 is 0 Å². The smallest absolute Gasteiger partial charge is 0.255 e. The minimum Gasteiger partial charge on any atom is -0.493 e. The first-order valence-electron chi connectivity index (χ1n) is 9.10. The van der Waals surface area contributed by atoms with Gasteiger partial charge in [0.15, 0.2) is 11.5 Å². The van der Waals surface area contributed by atoms with E-state index in [-0.39, 0.29) is 5.91 Å². The summed E-state index contributed by atoms with van der Waals surface area (Å²) in [6.45, 7) is 1.98. The Hall–Kier alpha value is -3.38. The van der Waals surface area contributed by atoms with E-state index in [9.17, 15) is 4.79 Å². The van der Waals surface area contributed by atoms with Crippen molar-refractivity contribution in [1.29, 1.82) is 0 Å². The number of methoxy groups -OCH3 is 3. The van der Waals surface area contributed by atoms with Gasteiger partial charge in [0.1, 0.15) is 11.5 Å². The SMILES string of the molecule is COc1cc(C(=O)Nc2ccc(Oc3cccc(C)c3)c(Cl)c2)cc(OC)c1OC. The van der Waals surface area contributed by atoms with E-state index in [1.165, 1.54) is 21.3 Å². The molecule has 0 spiro atoms. The van der Waals surface area contributed by atoms with Gasteiger partial charge < -0.3 is 24.3 Å². The van der Waals surface area contributed by atoms with E-state index in [4.69, 9.17) is 30.5 Å². The number of carbonyl (C=O) groups is 1. The van der Waals surface area contributed by atoms with Crippen LogP contribution in [0.4, 0.5) is 5.69 Å². The van der Waals surface area contributed by atoms with Crippen molar-refractivity contribution in [2.24, 2.45) is 0 Å². The lowest BCUT2D eigenvalue weighted by Crippen LogP contribution is -2.12. The molecule has 0 fully saturated rings. The quantitative estimate of drug-likeness (QED) is 0.522. The Morgan fingerprint density at radius 1 is 0.867 bits per heavy atom. The normalized spacial score (nSPS) is 10.3. The molecule has 30 heavy (non-hydrogen) atoms. The Morgan fingerprint density at radius 2 is 1.57 bits per heavy atom. The lowest BCUT2D eigenvalue weighted by Gasteiger charge is -2.14. The Morgan fingerprint density at radius 3 is 2.13 bits per heavy atom. The molecule has 0 heterocycles. The Balaban J connectivity index is 1.79. The predicted octanol–water partition coefficient (Wildman–Crippen LogP) is 5.72. The van der Waals surface area contributed by atoms with Crippen LogP contribution in [0.1, 0.15) is 15.9 Å². The summed E-state index contributed by atoms with van der Waals surface area (Å²) >= 11 is 6.35. The lowest BCUT2D eigenvalue weighted by atomic mass is 10.1. The second-order valence-corrected chi connectivity index (χ2v) is 6.84. The van der Waals surface area contributed by atoms with Crippen LogP contribution in [0.25, 0.3) is 0 Å². The Bertz CT molecular complexity index is 1040. The van der Waals surface area contributed by atoms with Crippen LogP contribution in [-0.4, -0.2) is 27.2 Å². The maximum absolute atomic E-state index is 12.7. The average molecular weight is 428 g/mol. The van der Waals surface area contributed by atoms with Crippen LogP contribution in [0.3, 0.4) is 0 Å². The molecule has 1 N–H and O–H groups in total. The largest absolute Gasteiger partial charge is 0.493 e. The molecule has 0 aliphatic rings. The molecule has 0 saturated heterocycles. The van der Waals surface area contributed by atoms with E-state index in [0.29, 0.717) is 45.0 Å². The third kappa shape index (κ3) is 4.78. The van der Waals surface area contributed by atoms with Gasteiger partial charge in [-0.1, -0.05) is 23.7 Å². The number of ether oxygens (including phenoxy) is 4. The van der Waals surface area contributed by atoms with E-state index in [1.807, 2.05) is 31.2 Å². The number of halogens is 1. The number of benzene rings is 3. The number of nitrogens with one attached hydrogen (secondary N) is 1. The van der Waals surface area contributed by atoms with Gasteiger partial charge in [0.2, 0.25) is 5.75 Å². The third-order valence-electron chi connectivity index (χ3n) is 4.33. The molecule has 0 unspecified atom stereocenters. The van der Waals surface area contributed by atoms with Crippen molar-refractivity contribution in [2.75, 3.05) is 26.6 Å². The van der Waals surface area contributed by atoms with Crippen LogP contribution >= 0.6 is 11.6 Å². The maximum Gasteiger partial charge on any atom is 0.255 e. The topological polar surface area (TPSA) is 66.0 Å². The molecule has 0 aliphatic heterocycles. The molecule has 7 heteroatoms. The molecular weight excluding hydrogens is 406 g/mol. The van der Waals surface area contributed by atoms with E-state index in [2.05, 4.69) is 5.32 Å². The number of hydrogen-bond donors (Lipinski definition) is 1. The monoisotopic (exact) mass is 427 g/mol. The van der Waals surface area contributed by atoms with Crippen molar-refractivity contribution in [1.82, 2.24) is 0 Å². The van der Waals surface area contributed by atoms with Gasteiger partial charge in [-0.2, -0.15) is 0 Å². The van der Waals surface area contributed by atoms with Gasteiger partial charge in [0.05, 0.1) is 26.4 Å². The fourth-order valence-corrected chi connectivity index (χ4v) is 3.10. The number of amides is 1. The molecule has 0 aromatic heterocycles. The van der Waals surface area contributed by atoms with Crippen molar-refractivity contribution in [3.63, 3.8) is 0 Å². The first kappa shape index (κ1) is 21.3. The number of anilines is 1. The number of carbonyl (C=O) groups excluding carboxylic acids is 1. The highest BCUT2D eigenvalue weighted by atomic mass is 35.5. The van der Waals surface area contributed by atoms with Crippen molar-refractivity contribution >= 4 is 23.2 Å². The first-order valence-corrected chi connectivity index (χ1v) is 9.48. The lowest BCUT2D eigenvalue weighted by molar-refractivity contribution is 0.102. The molecule has 3 rings (SSSR count).